The van der Waals surface area contributed by atoms with Crippen LogP contribution in [0.5, 0.6) is 5.75 Å². The molecular weight excluding hydrogens is 162 g/mol. The first-order valence-corrected chi connectivity index (χ1v) is 4.47. The standard InChI is InChI=1S/C11H17NO/c1-8-4-9(6-10(13)5-8)11(2,3)7-12/h4-6,13H,7,12H2,1-3H3. The van der Waals surface area contributed by atoms with Crippen LogP contribution < -0.4 is 5.73 Å². The fraction of sp³-hybridized carbons (Fsp3) is 0.455. The van der Waals surface area contributed by atoms with Gasteiger partial charge in [-0.15, -0.1) is 0 Å². The maximum absolute atomic E-state index is 9.41. The summed E-state index contributed by atoms with van der Waals surface area (Å²) >= 11 is 0. The Kier molecular flexibility index (Phi) is 2.62. The van der Waals surface area contributed by atoms with Crippen molar-refractivity contribution in [3.8, 4) is 5.75 Å². The van der Waals surface area contributed by atoms with Gasteiger partial charge in [0.15, 0.2) is 0 Å². The number of phenolic OH excluding ortho intramolecular Hbond substituents is 1. The van der Waals surface area contributed by atoms with Crippen LogP contribution in [0.3, 0.4) is 0 Å². The van der Waals surface area contributed by atoms with E-state index in [1.54, 1.807) is 12.1 Å². The largest absolute Gasteiger partial charge is 0.508 e. The minimum atomic E-state index is -0.0660. The predicted octanol–water partition coefficient (Wildman–Crippen LogP) is 1.94. The Morgan fingerprint density at radius 1 is 1.31 bits per heavy atom. The molecule has 0 saturated carbocycles. The van der Waals surface area contributed by atoms with E-state index in [-0.39, 0.29) is 5.41 Å². The highest BCUT2D eigenvalue weighted by Gasteiger charge is 2.18. The summed E-state index contributed by atoms with van der Waals surface area (Å²) in [4.78, 5) is 0. The molecule has 0 aliphatic carbocycles. The average molecular weight is 179 g/mol. The molecule has 2 heteroatoms. The lowest BCUT2D eigenvalue weighted by atomic mass is 9.84. The first-order valence-electron chi connectivity index (χ1n) is 4.47. The molecule has 0 radical (unpaired) electrons. The summed E-state index contributed by atoms with van der Waals surface area (Å²) < 4.78 is 0. The first kappa shape index (κ1) is 10.1. The molecule has 0 fully saturated rings. The zero-order chi connectivity index (χ0) is 10.1. The lowest BCUT2D eigenvalue weighted by Gasteiger charge is -2.23. The van der Waals surface area contributed by atoms with Crippen LogP contribution in [-0.4, -0.2) is 11.7 Å². The lowest BCUT2D eigenvalue weighted by Crippen LogP contribution is -2.28. The Morgan fingerprint density at radius 2 is 1.92 bits per heavy atom. The molecule has 1 rings (SSSR count). The number of benzene rings is 1. The lowest BCUT2D eigenvalue weighted by molar-refractivity contribution is 0.468. The molecule has 13 heavy (non-hydrogen) atoms. The maximum atomic E-state index is 9.41. The van der Waals surface area contributed by atoms with Crippen molar-refractivity contribution in [1.82, 2.24) is 0 Å². The molecule has 1 aromatic rings. The summed E-state index contributed by atoms with van der Waals surface area (Å²) in [7, 11) is 0. The van der Waals surface area contributed by atoms with Crippen LogP contribution >= 0.6 is 0 Å². The van der Waals surface area contributed by atoms with Gasteiger partial charge in [-0.05, 0) is 30.2 Å². The topological polar surface area (TPSA) is 46.2 Å². The second-order valence-corrected chi connectivity index (χ2v) is 4.15. The molecule has 0 heterocycles. The fourth-order valence-electron chi connectivity index (χ4n) is 1.27. The van der Waals surface area contributed by atoms with E-state index >= 15 is 0 Å². The first-order chi connectivity index (χ1) is 5.95. The Hall–Kier alpha value is -1.02. The van der Waals surface area contributed by atoms with Crippen LogP contribution in [0, 0.1) is 6.92 Å². The Balaban J connectivity index is 3.15. The quantitative estimate of drug-likeness (QED) is 0.728. The number of aryl methyl sites for hydroxylation is 1. The molecule has 2 nitrogen and oxygen atoms in total. The summed E-state index contributed by atoms with van der Waals surface area (Å²) in [5.74, 6) is 0.316. The van der Waals surface area contributed by atoms with E-state index in [1.165, 1.54) is 0 Å². The van der Waals surface area contributed by atoms with Crippen LogP contribution in [0.1, 0.15) is 25.0 Å². The highest BCUT2D eigenvalue weighted by molar-refractivity contribution is 5.36. The van der Waals surface area contributed by atoms with Crippen LogP contribution in [0.25, 0.3) is 0 Å². The number of phenols is 1. The molecule has 0 aliphatic heterocycles. The van der Waals surface area contributed by atoms with Gasteiger partial charge in [-0.2, -0.15) is 0 Å². The van der Waals surface area contributed by atoms with Crippen molar-refractivity contribution >= 4 is 0 Å². The molecule has 1 aromatic carbocycles. The molecule has 0 aliphatic rings. The van der Waals surface area contributed by atoms with E-state index in [1.807, 2.05) is 6.92 Å². The zero-order valence-corrected chi connectivity index (χ0v) is 8.46. The van der Waals surface area contributed by atoms with Gasteiger partial charge < -0.3 is 10.8 Å². The van der Waals surface area contributed by atoms with Gasteiger partial charge >= 0.3 is 0 Å². The van der Waals surface area contributed by atoms with Gasteiger partial charge in [0.05, 0.1) is 0 Å². The minimum absolute atomic E-state index is 0.0660. The van der Waals surface area contributed by atoms with Crippen LogP contribution in [0.4, 0.5) is 0 Å². The molecule has 72 valence electrons. The SMILES string of the molecule is Cc1cc(O)cc(C(C)(C)CN)c1. The summed E-state index contributed by atoms with van der Waals surface area (Å²) in [5, 5.41) is 9.41. The molecule has 0 spiro atoms. The molecule has 0 unspecified atom stereocenters. The van der Waals surface area contributed by atoms with Gasteiger partial charge in [0, 0.05) is 12.0 Å². The van der Waals surface area contributed by atoms with Gasteiger partial charge in [0.25, 0.3) is 0 Å². The smallest absolute Gasteiger partial charge is 0.116 e. The molecule has 0 saturated heterocycles. The Bertz CT molecular complexity index is 285. The molecule has 0 aromatic heterocycles. The van der Waals surface area contributed by atoms with Crippen LogP contribution in [0.2, 0.25) is 0 Å². The van der Waals surface area contributed by atoms with Crippen molar-refractivity contribution in [2.75, 3.05) is 6.54 Å². The van der Waals surface area contributed by atoms with Crippen LogP contribution in [-0.2, 0) is 5.41 Å². The van der Waals surface area contributed by atoms with Crippen molar-refractivity contribution in [3.05, 3.63) is 29.3 Å². The van der Waals surface area contributed by atoms with E-state index in [2.05, 4.69) is 19.9 Å². The van der Waals surface area contributed by atoms with Crippen molar-refractivity contribution < 1.29 is 5.11 Å². The molecular formula is C11H17NO. The normalized spacial score (nSPS) is 11.7. The summed E-state index contributed by atoms with van der Waals surface area (Å²) in [6.07, 6.45) is 0. The third kappa shape index (κ3) is 2.22. The van der Waals surface area contributed by atoms with Gasteiger partial charge in [-0.25, -0.2) is 0 Å². The fourth-order valence-corrected chi connectivity index (χ4v) is 1.27. The van der Waals surface area contributed by atoms with Gasteiger partial charge in [-0.1, -0.05) is 19.9 Å². The number of rotatable bonds is 2. The number of aromatic hydroxyl groups is 1. The highest BCUT2D eigenvalue weighted by atomic mass is 16.3. The summed E-state index contributed by atoms with van der Waals surface area (Å²) in [6, 6.07) is 5.59. The molecule has 0 bridgehead atoms. The number of hydrogen-bond acceptors (Lipinski definition) is 2. The molecule has 0 atom stereocenters. The van der Waals surface area contributed by atoms with Gasteiger partial charge in [-0.3, -0.25) is 0 Å². The van der Waals surface area contributed by atoms with Crippen molar-refractivity contribution in [1.29, 1.82) is 0 Å². The van der Waals surface area contributed by atoms with Gasteiger partial charge in [0.1, 0.15) is 5.75 Å². The third-order valence-corrected chi connectivity index (χ3v) is 2.35. The van der Waals surface area contributed by atoms with Crippen molar-refractivity contribution in [3.63, 3.8) is 0 Å². The van der Waals surface area contributed by atoms with E-state index in [0.29, 0.717) is 12.3 Å². The number of nitrogens with two attached hydrogens (primary N) is 1. The van der Waals surface area contributed by atoms with E-state index in [9.17, 15) is 5.11 Å². The minimum Gasteiger partial charge on any atom is -0.508 e. The van der Waals surface area contributed by atoms with Crippen molar-refractivity contribution in [2.24, 2.45) is 5.73 Å². The molecule has 3 N–H and O–H groups in total. The van der Waals surface area contributed by atoms with E-state index in [0.717, 1.165) is 11.1 Å². The van der Waals surface area contributed by atoms with Crippen LogP contribution in [0.15, 0.2) is 18.2 Å². The predicted molar refractivity (Wildman–Crippen MR) is 54.9 cm³/mol. The highest BCUT2D eigenvalue weighted by Crippen LogP contribution is 2.26. The van der Waals surface area contributed by atoms with E-state index in [4.69, 9.17) is 5.73 Å². The Morgan fingerprint density at radius 3 is 2.38 bits per heavy atom. The zero-order valence-electron chi connectivity index (χ0n) is 8.46. The second-order valence-electron chi connectivity index (χ2n) is 4.15. The molecule has 0 amide bonds. The second kappa shape index (κ2) is 3.38. The average Bonchev–Trinajstić information content (AvgIpc) is 2.02. The van der Waals surface area contributed by atoms with E-state index < -0.39 is 0 Å². The Labute approximate surface area is 79.4 Å². The monoisotopic (exact) mass is 179 g/mol. The van der Waals surface area contributed by atoms with Gasteiger partial charge in [0.2, 0.25) is 0 Å². The third-order valence-electron chi connectivity index (χ3n) is 2.35. The summed E-state index contributed by atoms with van der Waals surface area (Å²) in [5.41, 5.74) is 7.75. The summed E-state index contributed by atoms with van der Waals surface area (Å²) in [6.45, 7) is 6.69. The number of hydrogen-bond donors (Lipinski definition) is 2. The maximum Gasteiger partial charge on any atom is 0.116 e. The van der Waals surface area contributed by atoms with Crippen molar-refractivity contribution in [2.45, 2.75) is 26.2 Å².